The monoisotopic (exact) mass is 292 g/mol. The highest BCUT2D eigenvalue weighted by Gasteiger charge is 2.63. The Balaban J connectivity index is 1.63. The molecule has 0 N–H and O–H groups in total. The summed E-state index contributed by atoms with van der Waals surface area (Å²) >= 11 is 0. The molecule has 1 aromatic carbocycles. The molecule has 3 nitrogen and oxygen atoms in total. The molecule has 0 radical (unpaired) electrons. The van der Waals surface area contributed by atoms with Crippen molar-refractivity contribution in [3.05, 3.63) is 58.9 Å². The standard InChI is InChI=1S/C19H20N2O/c1-12-17-15(11-14-18(17)19(14,2)3)21(20-12)16(22)10-9-13-7-5-4-6-8-13/h4-10,14,18H,11H2,1-3H3/b10-9+/t14-,18-/m0/s1. The Morgan fingerprint density at radius 1 is 1.32 bits per heavy atom. The molecule has 0 bridgehead atoms. The van der Waals surface area contributed by atoms with Gasteiger partial charge in [0.1, 0.15) is 0 Å². The van der Waals surface area contributed by atoms with Crippen LogP contribution >= 0.6 is 0 Å². The molecular formula is C19H20N2O. The predicted molar refractivity (Wildman–Crippen MR) is 86.8 cm³/mol. The Bertz CT molecular complexity index is 783. The quantitative estimate of drug-likeness (QED) is 0.788. The molecule has 2 aromatic rings. The van der Waals surface area contributed by atoms with Gasteiger partial charge in [0.2, 0.25) is 0 Å². The van der Waals surface area contributed by atoms with Crippen molar-refractivity contribution >= 4 is 12.0 Å². The molecule has 22 heavy (non-hydrogen) atoms. The Morgan fingerprint density at radius 2 is 2.05 bits per heavy atom. The van der Waals surface area contributed by atoms with E-state index >= 15 is 0 Å². The van der Waals surface area contributed by atoms with E-state index in [1.54, 1.807) is 10.8 Å². The van der Waals surface area contributed by atoms with Crippen LogP contribution in [0, 0.1) is 18.3 Å². The fourth-order valence-electron chi connectivity index (χ4n) is 4.08. The first-order chi connectivity index (χ1) is 10.5. The molecule has 3 heteroatoms. The Kier molecular flexibility index (Phi) is 2.71. The highest BCUT2D eigenvalue weighted by atomic mass is 16.2. The molecule has 0 amide bonds. The van der Waals surface area contributed by atoms with E-state index in [0.29, 0.717) is 17.3 Å². The lowest BCUT2D eigenvalue weighted by atomic mass is 9.98. The first kappa shape index (κ1) is 13.5. The number of nitrogens with zero attached hydrogens (tertiary/aromatic N) is 2. The van der Waals surface area contributed by atoms with E-state index in [0.717, 1.165) is 23.4 Å². The number of carbonyl (C=O) groups is 1. The van der Waals surface area contributed by atoms with Crippen LogP contribution < -0.4 is 0 Å². The van der Waals surface area contributed by atoms with Gasteiger partial charge in [-0.1, -0.05) is 44.2 Å². The number of hydrogen-bond donors (Lipinski definition) is 0. The molecule has 0 aliphatic heterocycles. The van der Waals surface area contributed by atoms with Crippen LogP contribution in [0.1, 0.15) is 47.1 Å². The van der Waals surface area contributed by atoms with Crippen LogP contribution in [0.25, 0.3) is 6.08 Å². The van der Waals surface area contributed by atoms with E-state index in [-0.39, 0.29) is 5.91 Å². The van der Waals surface area contributed by atoms with Crippen molar-refractivity contribution in [2.24, 2.45) is 11.3 Å². The minimum Gasteiger partial charge on any atom is -0.267 e. The van der Waals surface area contributed by atoms with Gasteiger partial charge in [0.15, 0.2) is 0 Å². The summed E-state index contributed by atoms with van der Waals surface area (Å²) in [7, 11) is 0. The number of rotatable bonds is 2. The van der Waals surface area contributed by atoms with Crippen molar-refractivity contribution in [3.63, 3.8) is 0 Å². The smallest absolute Gasteiger partial charge is 0.267 e. The minimum atomic E-state index is -0.0488. The lowest BCUT2D eigenvalue weighted by Gasteiger charge is -2.09. The maximum atomic E-state index is 12.5. The number of aromatic nitrogens is 2. The Morgan fingerprint density at radius 3 is 2.77 bits per heavy atom. The second kappa shape index (κ2) is 4.42. The molecule has 0 saturated heterocycles. The van der Waals surface area contributed by atoms with Crippen LogP contribution in [0.3, 0.4) is 0 Å². The number of aryl methyl sites for hydroxylation is 1. The van der Waals surface area contributed by atoms with Crippen molar-refractivity contribution in [1.29, 1.82) is 0 Å². The van der Waals surface area contributed by atoms with Crippen LogP contribution in [0.5, 0.6) is 0 Å². The summed E-state index contributed by atoms with van der Waals surface area (Å²) < 4.78 is 1.62. The Labute approximate surface area is 130 Å². The minimum absolute atomic E-state index is 0.0488. The molecule has 1 fully saturated rings. The van der Waals surface area contributed by atoms with E-state index in [1.165, 1.54) is 5.56 Å². The largest absolute Gasteiger partial charge is 0.271 e. The van der Waals surface area contributed by atoms with Crippen LogP contribution in [-0.2, 0) is 6.42 Å². The molecular weight excluding hydrogens is 272 g/mol. The van der Waals surface area contributed by atoms with E-state index in [1.807, 2.05) is 43.3 Å². The van der Waals surface area contributed by atoms with Crippen LogP contribution in [0.2, 0.25) is 0 Å². The van der Waals surface area contributed by atoms with Crippen molar-refractivity contribution < 1.29 is 4.79 Å². The third-order valence-electron chi connectivity index (χ3n) is 5.41. The van der Waals surface area contributed by atoms with Crippen molar-refractivity contribution in [2.75, 3.05) is 0 Å². The second-order valence-corrected chi connectivity index (χ2v) is 7.05. The van der Waals surface area contributed by atoms with Gasteiger partial charge < -0.3 is 0 Å². The maximum absolute atomic E-state index is 12.5. The van der Waals surface area contributed by atoms with Crippen molar-refractivity contribution in [3.8, 4) is 0 Å². The summed E-state index contributed by atoms with van der Waals surface area (Å²) in [6.45, 7) is 6.67. The molecule has 1 saturated carbocycles. The van der Waals surface area contributed by atoms with E-state index in [2.05, 4.69) is 18.9 Å². The second-order valence-electron chi connectivity index (χ2n) is 7.05. The SMILES string of the molecule is Cc1nn(C(=O)/C=C/c2ccccc2)c2c1[C@@H]1[C@H](C2)C1(C)C. The van der Waals surface area contributed by atoms with E-state index in [9.17, 15) is 4.79 Å². The third kappa shape index (κ3) is 1.81. The molecule has 1 aromatic heterocycles. The summed E-state index contributed by atoms with van der Waals surface area (Å²) in [5.74, 6) is 1.24. The normalized spacial score (nSPS) is 24.3. The molecule has 0 spiro atoms. The third-order valence-corrected chi connectivity index (χ3v) is 5.41. The number of carbonyl (C=O) groups excluding carboxylic acids is 1. The van der Waals surface area contributed by atoms with Gasteiger partial charge in [0, 0.05) is 11.6 Å². The molecule has 1 heterocycles. The Hall–Kier alpha value is -2.16. The number of hydrogen-bond acceptors (Lipinski definition) is 2. The van der Waals surface area contributed by atoms with Crippen molar-refractivity contribution in [1.82, 2.24) is 9.78 Å². The van der Waals surface area contributed by atoms with Crippen LogP contribution in [0.15, 0.2) is 36.4 Å². The molecule has 2 aliphatic carbocycles. The fourth-order valence-corrected chi connectivity index (χ4v) is 4.08. The maximum Gasteiger partial charge on any atom is 0.271 e. The number of benzene rings is 1. The summed E-state index contributed by atoms with van der Waals surface area (Å²) in [5, 5.41) is 4.50. The molecule has 2 aliphatic rings. The molecule has 112 valence electrons. The van der Waals surface area contributed by atoms with Gasteiger partial charge in [0.25, 0.3) is 5.91 Å². The molecule has 0 unspecified atom stereocenters. The summed E-state index contributed by atoms with van der Waals surface area (Å²) in [6.07, 6.45) is 4.46. The lowest BCUT2D eigenvalue weighted by Crippen LogP contribution is -2.14. The van der Waals surface area contributed by atoms with Gasteiger partial charge in [-0.05, 0) is 42.2 Å². The highest BCUT2D eigenvalue weighted by molar-refractivity contribution is 5.94. The topological polar surface area (TPSA) is 34.9 Å². The zero-order chi connectivity index (χ0) is 15.5. The first-order valence-corrected chi connectivity index (χ1v) is 7.86. The molecule has 2 atom stereocenters. The van der Waals surface area contributed by atoms with E-state index < -0.39 is 0 Å². The fraction of sp³-hybridized carbons (Fsp3) is 0.368. The van der Waals surface area contributed by atoms with Gasteiger partial charge in [-0.2, -0.15) is 5.10 Å². The van der Waals surface area contributed by atoms with Gasteiger partial charge in [-0.3, -0.25) is 4.79 Å². The van der Waals surface area contributed by atoms with Gasteiger partial charge in [0.05, 0.1) is 11.4 Å². The van der Waals surface area contributed by atoms with Gasteiger partial charge >= 0.3 is 0 Å². The number of allylic oxidation sites excluding steroid dienone is 1. The summed E-state index contributed by atoms with van der Waals surface area (Å²) in [5.41, 5.74) is 4.90. The van der Waals surface area contributed by atoms with Gasteiger partial charge in [-0.25, -0.2) is 4.68 Å². The van der Waals surface area contributed by atoms with Crippen LogP contribution in [-0.4, -0.2) is 15.7 Å². The average Bonchev–Trinajstić information content (AvgIpc) is 2.86. The molecule has 4 rings (SSSR count). The van der Waals surface area contributed by atoms with Crippen LogP contribution in [0.4, 0.5) is 0 Å². The van der Waals surface area contributed by atoms with E-state index in [4.69, 9.17) is 0 Å². The lowest BCUT2D eigenvalue weighted by molar-refractivity contribution is 0.0951. The van der Waals surface area contributed by atoms with Crippen molar-refractivity contribution in [2.45, 2.75) is 33.1 Å². The van der Waals surface area contributed by atoms with Gasteiger partial charge in [-0.15, -0.1) is 0 Å². The number of fused-ring (bicyclic) bond motifs is 3. The summed E-state index contributed by atoms with van der Waals surface area (Å²) in [6, 6.07) is 9.88. The first-order valence-electron chi connectivity index (χ1n) is 7.86. The highest BCUT2D eigenvalue weighted by Crippen LogP contribution is 2.70. The summed E-state index contributed by atoms with van der Waals surface area (Å²) in [4.78, 5) is 12.5. The average molecular weight is 292 g/mol. The zero-order valence-electron chi connectivity index (χ0n) is 13.2. The zero-order valence-corrected chi connectivity index (χ0v) is 13.2. The predicted octanol–water partition coefficient (Wildman–Crippen LogP) is 3.84.